The summed E-state index contributed by atoms with van der Waals surface area (Å²) in [5.41, 5.74) is 5.62. The first-order valence-corrected chi connectivity index (χ1v) is 14.5. The maximum Gasteiger partial charge on any atom is 0.225 e. The Morgan fingerprint density at radius 3 is 2.12 bits per heavy atom. The van der Waals surface area contributed by atoms with Crippen molar-refractivity contribution in [3.8, 4) is 5.75 Å². The minimum atomic E-state index is -1.24. The molecule has 4 unspecified atom stereocenters. The number of benzene rings is 4. The molecule has 4 atom stereocenters. The Bertz CT molecular complexity index is 1460. The van der Waals surface area contributed by atoms with Crippen LogP contribution < -0.4 is 4.74 Å². The molecule has 0 radical (unpaired) electrons. The zero-order valence-electron chi connectivity index (χ0n) is 24.2. The average molecular weight is 567 g/mol. The standard InChI is InChI=1S/C36H38O6/c1-26-13-16-31(20-30(26)19-27-14-17-32(38-2)18-15-27)36-34(40-23-29-11-7-4-8-12-29)33(21-35(24-37,42-36)25-41-36)39-22-28-9-5-3-6-10-28/h3-18,20,33-34,37H,19,21-25H2,1-2H3. The van der Waals surface area contributed by atoms with Crippen LogP contribution in [0.2, 0.25) is 0 Å². The average Bonchev–Trinajstić information content (AvgIpc) is 3.37. The van der Waals surface area contributed by atoms with E-state index in [1.807, 2.05) is 72.8 Å². The minimum absolute atomic E-state index is 0.171. The van der Waals surface area contributed by atoms with Gasteiger partial charge in [0, 0.05) is 12.0 Å². The molecular formula is C36H38O6. The van der Waals surface area contributed by atoms with Crippen LogP contribution in [0.4, 0.5) is 0 Å². The molecule has 2 aliphatic heterocycles. The van der Waals surface area contributed by atoms with E-state index in [1.54, 1.807) is 7.11 Å². The zero-order valence-corrected chi connectivity index (χ0v) is 24.2. The molecule has 2 fully saturated rings. The summed E-state index contributed by atoms with van der Waals surface area (Å²) in [6.45, 7) is 3.00. The Kier molecular flexibility index (Phi) is 8.43. The predicted octanol–water partition coefficient (Wildman–Crippen LogP) is 6.10. The highest BCUT2D eigenvalue weighted by Gasteiger charge is 2.64. The SMILES string of the molecule is COc1ccc(Cc2cc(C34OCC(CO)(CC(OCc5ccccc5)C3OCc3ccccc3)O4)ccc2C)cc1. The van der Waals surface area contributed by atoms with Crippen molar-refractivity contribution < 1.29 is 28.8 Å². The Morgan fingerprint density at radius 2 is 1.48 bits per heavy atom. The predicted molar refractivity (Wildman–Crippen MR) is 160 cm³/mol. The highest BCUT2D eigenvalue weighted by Crippen LogP contribution is 2.51. The number of aliphatic hydroxyl groups is 1. The lowest BCUT2D eigenvalue weighted by atomic mass is 9.85. The van der Waals surface area contributed by atoms with Gasteiger partial charge in [-0.25, -0.2) is 0 Å². The van der Waals surface area contributed by atoms with E-state index in [1.165, 1.54) is 11.1 Å². The number of hydrogen-bond donors (Lipinski definition) is 1. The highest BCUT2D eigenvalue weighted by atomic mass is 16.8. The first-order chi connectivity index (χ1) is 20.5. The van der Waals surface area contributed by atoms with Gasteiger partial charge in [0.15, 0.2) is 0 Å². The van der Waals surface area contributed by atoms with E-state index < -0.39 is 17.5 Å². The summed E-state index contributed by atoms with van der Waals surface area (Å²) in [5, 5.41) is 10.6. The van der Waals surface area contributed by atoms with Gasteiger partial charge in [0.2, 0.25) is 5.79 Å². The van der Waals surface area contributed by atoms with Gasteiger partial charge < -0.3 is 28.8 Å². The van der Waals surface area contributed by atoms with Crippen molar-refractivity contribution in [1.29, 1.82) is 0 Å². The molecule has 0 amide bonds. The van der Waals surface area contributed by atoms with Gasteiger partial charge in [-0.15, -0.1) is 0 Å². The molecule has 2 aliphatic rings. The van der Waals surface area contributed by atoms with E-state index in [9.17, 15) is 5.11 Å². The number of fused-ring (bicyclic) bond motifs is 2. The summed E-state index contributed by atoms with van der Waals surface area (Å²) in [4.78, 5) is 0. The van der Waals surface area contributed by atoms with Gasteiger partial charge in [0.25, 0.3) is 0 Å². The van der Waals surface area contributed by atoms with Crippen molar-refractivity contribution in [3.63, 3.8) is 0 Å². The smallest absolute Gasteiger partial charge is 0.225 e. The maximum atomic E-state index is 10.6. The van der Waals surface area contributed by atoms with Gasteiger partial charge in [0.05, 0.1) is 39.6 Å². The molecule has 6 nitrogen and oxygen atoms in total. The van der Waals surface area contributed by atoms with Crippen molar-refractivity contribution in [2.75, 3.05) is 20.3 Å². The third-order valence-corrected chi connectivity index (χ3v) is 8.38. The number of aliphatic hydroxyl groups excluding tert-OH is 1. The van der Waals surface area contributed by atoms with E-state index in [0.717, 1.165) is 34.4 Å². The zero-order chi connectivity index (χ0) is 29.0. The molecule has 218 valence electrons. The molecule has 2 heterocycles. The van der Waals surface area contributed by atoms with Crippen LogP contribution in [0.5, 0.6) is 5.75 Å². The van der Waals surface area contributed by atoms with E-state index in [4.69, 9.17) is 23.7 Å². The van der Waals surface area contributed by atoms with Crippen LogP contribution in [0.15, 0.2) is 103 Å². The molecular weight excluding hydrogens is 528 g/mol. The summed E-state index contributed by atoms with van der Waals surface area (Å²) in [6.07, 6.45) is 0.264. The quantitative estimate of drug-likeness (QED) is 0.237. The first kappa shape index (κ1) is 28.6. The third-order valence-electron chi connectivity index (χ3n) is 8.38. The summed E-state index contributed by atoms with van der Waals surface area (Å²) >= 11 is 0. The second-order valence-corrected chi connectivity index (χ2v) is 11.3. The molecule has 4 aromatic carbocycles. The Balaban J connectivity index is 1.36. The number of aryl methyl sites for hydroxylation is 1. The van der Waals surface area contributed by atoms with Crippen LogP contribution in [-0.2, 0) is 44.4 Å². The van der Waals surface area contributed by atoms with Crippen molar-refractivity contribution >= 4 is 0 Å². The summed E-state index contributed by atoms with van der Waals surface area (Å²) in [6, 6.07) is 34.6. The monoisotopic (exact) mass is 566 g/mol. The van der Waals surface area contributed by atoms with E-state index >= 15 is 0 Å². The maximum absolute atomic E-state index is 10.6. The summed E-state index contributed by atoms with van der Waals surface area (Å²) in [5.74, 6) is -0.405. The van der Waals surface area contributed by atoms with Crippen LogP contribution in [0, 0.1) is 6.92 Å². The van der Waals surface area contributed by atoms with Crippen LogP contribution in [0.3, 0.4) is 0 Å². The molecule has 6 rings (SSSR count). The van der Waals surface area contributed by atoms with Gasteiger partial charge in [-0.05, 0) is 59.4 Å². The van der Waals surface area contributed by atoms with Gasteiger partial charge >= 0.3 is 0 Å². The highest BCUT2D eigenvalue weighted by molar-refractivity contribution is 5.39. The minimum Gasteiger partial charge on any atom is -0.497 e. The molecule has 0 saturated carbocycles. The molecule has 0 spiro atoms. The normalized spacial score (nSPS) is 24.9. The number of hydrogen-bond acceptors (Lipinski definition) is 6. The number of rotatable bonds is 11. The Hall–Kier alpha value is -3.52. The van der Waals surface area contributed by atoms with Crippen molar-refractivity contribution in [2.45, 2.75) is 56.6 Å². The fourth-order valence-corrected chi connectivity index (χ4v) is 5.97. The Labute approximate surface area is 247 Å². The van der Waals surface area contributed by atoms with Gasteiger partial charge in [-0.3, -0.25) is 0 Å². The fourth-order valence-electron chi connectivity index (χ4n) is 5.97. The molecule has 42 heavy (non-hydrogen) atoms. The lowest BCUT2D eigenvalue weighted by molar-refractivity contribution is -0.321. The molecule has 0 aliphatic carbocycles. The third kappa shape index (κ3) is 5.87. The largest absolute Gasteiger partial charge is 0.497 e. The van der Waals surface area contributed by atoms with Crippen LogP contribution >= 0.6 is 0 Å². The second-order valence-electron chi connectivity index (χ2n) is 11.3. The van der Waals surface area contributed by atoms with Gasteiger partial charge in [-0.1, -0.05) is 84.9 Å². The van der Waals surface area contributed by atoms with Gasteiger partial charge in [-0.2, -0.15) is 0 Å². The van der Waals surface area contributed by atoms with Crippen molar-refractivity contribution in [1.82, 2.24) is 0 Å². The molecule has 6 heteroatoms. The molecule has 1 N–H and O–H groups in total. The van der Waals surface area contributed by atoms with Crippen LogP contribution in [-0.4, -0.2) is 43.2 Å². The van der Waals surface area contributed by atoms with Crippen molar-refractivity contribution in [3.05, 3.63) is 137 Å². The second kappa shape index (κ2) is 12.4. The summed E-state index contributed by atoms with van der Waals surface area (Å²) in [7, 11) is 1.67. The van der Waals surface area contributed by atoms with E-state index in [0.29, 0.717) is 19.6 Å². The molecule has 0 aromatic heterocycles. The van der Waals surface area contributed by atoms with E-state index in [-0.39, 0.29) is 19.3 Å². The number of ether oxygens (including phenoxy) is 5. The van der Waals surface area contributed by atoms with E-state index in [2.05, 4.69) is 37.3 Å². The molecule has 2 saturated heterocycles. The fraction of sp³-hybridized carbons (Fsp3) is 0.333. The first-order valence-electron chi connectivity index (χ1n) is 14.5. The lowest BCUT2D eigenvalue weighted by Gasteiger charge is -2.46. The van der Waals surface area contributed by atoms with Crippen molar-refractivity contribution in [2.24, 2.45) is 0 Å². The topological polar surface area (TPSA) is 66.4 Å². The number of methoxy groups -OCH3 is 1. The molecule has 4 aromatic rings. The van der Waals surface area contributed by atoms with Crippen LogP contribution in [0.25, 0.3) is 0 Å². The Morgan fingerprint density at radius 1 is 0.810 bits per heavy atom. The van der Waals surface area contributed by atoms with Crippen LogP contribution in [0.1, 0.15) is 39.8 Å². The lowest BCUT2D eigenvalue weighted by Crippen LogP contribution is -2.58. The van der Waals surface area contributed by atoms with Gasteiger partial charge in [0.1, 0.15) is 17.5 Å². The summed E-state index contributed by atoms with van der Waals surface area (Å²) < 4.78 is 32.0. The molecule has 2 bridgehead atoms.